The average molecular weight is 214 g/mol. The summed E-state index contributed by atoms with van der Waals surface area (Å²) in [7, 11) is 0. The second kappa shape index (κ2) is 7.65. The summed E-state index contributed by atoms with van der Waals surface area (Å²) in [5.41, 5.74) is 0. The lowest BCUT2D eigenvalue weighted by molar-refractivity contribution is -0.127. The third kappa shape index (κ3) is 5.74. The summed E-state index contributed by atoms with van der Waals surface area (Å²) in [5, 5.41) is 5.96. The summed E-state index contributed by atoms with van der Waals surface area (Å²) in [5.74, 6) is -0.000182. The molecule has 0 aromatic rings. The molecular weight excluding hydrogens is 192 g/mol. The molecular formula is C11H22N2O2. The van der Waals surface area contributed by atoms with Crippen LogP contribution in [0.5, 0.6) is 0 Å². The molecule has 0 radical (unpaired) electrons. The topological polar surface area (TPSA) is 50.4 Å². The van der Waals surface area contributed by atoms with Gasteiger partial charge in [0.15, 0.2) is 0 Å². The number of ether oxygens (including phenoxy) is 1. The first-order valence-corrected chi connectivity index (χ1v) is 5.92. The highest BCUT2D eigenvalue weighted by Gasteiger charge is 2.16. The molecule has 1 fully saturated rings. The van der Waals surface area contributed by atoms with Gasteiger partial charge in [-0.05, 0) is 19.4 Å². The lowest BCUT2D eigenvalue weighted by atomic mass is 10.3. The van der Waals surface area contributed by atoms with Crippen LogP contribution < -0.4 is 10.6 Å². The van der Waals surface area contributed by atoms with Gasteiger partial charge in [0.1, 0.15) is 6.61 Å². The van der Waals surface area contributed by atoms with Crippen molar-refractivity contribution in [2.75, 3.05) is 26.2 Å². The summed E-state index contributed by atoms with van der Waals surface area (Å²) >= 11 is 0. The predicted molar refractivity (Wildman–Crippen MR) is 59.8 cm³/mol. The van der Waals surface area contributed by atoms with E-state index >= 15 is 0 Å². The van der Waals surface area contributed by atoms with Crippen LogP contribution in [0.4, 0.5) is 0 Å². The molecule has 15 heavy (non-hydrogen) atoms. The largest absolute Gasteiger partial charge is 0.368 e. The van der Waals surface area contributed by atoms with Crippen LogP contribution >= 0.6 is 0 Å². The minimum Gasteiger partial charge on any atom is -0.368 e. The molecule has 4 nitrogen and oxygen atoms in total. The molecule has 2 N–H and O–H groups in total. The van der Waals surface area contributed by atoms with E-state index in [1.165, 1.54) is 12.8 Å². The number of rotatable bonds is 7. The predicted octanol–water partition coefficient (Wildman–Crippen LogP) is 0.671. The molecule has 0 atom stereocenters. The lowest BCUT2D eigenvalue weighted by Crippen LogP contribution is -2.34. The van der Waals surface area contributed by atoms with Gasteiger partial charge in [-0.2, -0.15) is 0 Å². The number of likely N-dealkylation sites (N-methyl/N-ethyl adjacent to an activating group) is 1. The minimum absolute atomic E-state index is 0.000182. The Kier molecular flexibility index (Phi) is 6.36. The molecule has 0 aliphatic heterocycles. The fraction of sp³-hybridized carbons (Fsp3) is 0.909. The second-order valence-electron chi connectivity index (χ2n) is 3.92. The van der Waals surface area contributed by atoms with Gasteiger partial charge in [-0.1, -0.05) is 19.8 Å². The van der Waals surface area contributed by atoms with Crippen LogP contribution in [0, 0.1) is 0 Å². The summed E-state index contributed by atoms with van der Waals surface area (Å²) in [6.45, 7) is 4.71. The summed E-state index contributed by atoms with van der Waals surface area (Å²) in [4.78, 5) is 11.3. The maximum Gasteiger partial charge on any atom is 0.246 e. The standard InChI is InChI=1S/C11H22N2O2/c1-2-12-7-8-13-11(14)9-15-10-5-3-4-6-10/h10,12H,2-9H2,1H3,(H,13,14). The van der Waals surface area contributed by atoms with Crippen molar-refractivity contribution in [1.82, 2.24) is 10.6 Å². The van der Waals surface area contributed by atoms with E-state index in [9.17, 15) is 4.79 Å². The number of amides is 1. The molecule has 1 aliphatic carbocycles. The molecule has 1 rings (SSSR count). The SMILES string of the molecule is CCNCCNC(=O)COC1CCCC1. The van der Waals surface area contributed by atoms with E-state index < -0.39 is 0 Å². The van der Waals surface area contributed by atoms with Crippen molar-refractivity contribution >= 4 is 5.91 Å². The first kappa shape index (κ1) is 12.5. The maximum atomic E-state index is 11.3. The van der Waals surface area contributed by atoms with Gasteiger partial charge in [-0.25, -0.2) is 0 Å². The maximum absolute atomic E-state index is 11.3. The Morgan fingerprint density at radius 2 is 2.07 bits per heavy atom. The van der Waals surface area contributed by atoms with Gasteiger partial charge in [0.25, 0.3) is 0 Å². The fourth-order valence-corrected chi connectivity index (χ4v) is 1.77. The molecule has 0 bridgehead atoms. The number of hydrogen-bond acceptors (Lipinski definition) is 3. The van der Waals surface area contributed by atoms with Crippen LogP contribution in [0.2, 0.25) is 0 Å². The zero-order valence-corrected chi connectivity index (χ0v) is 9.55. The number of nitrogens with one attached hydrogen (secondary N) is 2. The Morgan fingerprint density at radius 3 is 2.73 bits per heavy atom. The zero-order valence-electron chi connectivity index (χ0n) is 9.55. The quantitative estimate of drug-likeness (QED) is 0.612. The van der Waals surface area contributed by atoms with Crippen LogP contribution in [0.1, 0.15) is 32.6 Å². The fourth-order valence-electron chi connectivity index (χ4n) is 1.77. The minimum atomic E-state index is -0.000182. The molecule has 1 aliphatic rings. The van der Waals surface area contributed by atoms with Gasteiger partial charge >= 0.3 is 0 Å². The van der Waals surface area contributed by atoms with E-state index in [-0.39, 0.29) is 12.5 Å². The van der Waals surface area contributed by atoms with Crippen LogP contribution in [0.15, 0.2) is 0 Å². The van der Waals surface area contributed by atoms with E-state index in [2.05, 4.69) is 10.6 Å². The van der Waals surface area contributed by atoms with E-state index in [4.69, 9.17) is 4.74 Å². The molecule has 88 valence electrons. The number of carbonyl (C=O) groups is 1. The Labute approximate surface area is 91.8 Å². The van der Waals surface area contributed by atoms with Gasteiger partial charge in [-0.3, -0.25) is 4.79 Å². The second-order valence-corrected chi connectivity index (χ2v) is 3.92. The molecule has 4 heteroatoms. The van der Waals surface area contributed by atoms with Crippen LogP contribution in [0.3, 0.4) is 0 Å². The molecule has 1 amide bonds. The third-order valence-corrected chi connectivity index (χ3v) is 2.63. The van der Waals surface area contributed by atoms with Gasteiger partial charge in [-0.15, -0.1) is 0 Å². The smallest absolute Gasteiger partial charge is 0.246 e. The van der Waals surface area contributed by atoms with E-state index in [0.717, 1.165) is 25.9 Å². The highest BCUT2D eigenvalue weighted by Crippen LogP contribution is 2.20. The van der Waals surface area contributed by atoms with Crippen molar-refractivity contribution in [2.24, 2.45) is 0 Å². The van der Waals surface area contributed by atoms with Crippen LogP contribution in [-0.2, 0) is 9.53 Å². The van der Waals surface area contributed by atoms with E-state index in [1.807, 2.05) is 6.92 Å². The van der Waals surface area contributed by atoms with E-state index in [1.54, 1.807) is 0 Å². The zero-order chi connectivity index (χ0) is 10.9. The Morgan fingerprint density at radius 1 is 1.33 bits per heavy atom. The molecule has 0 aromatic carbocycles. The van der Waals surface area contributed by atoms with E-state index in [0.29, 0.717) is 12.6 Å². The Balaban J connectivity index is 1.93. The summed E-state index contributed by atoms with van der Waals surface area (Å²) < 4.78 is 5.49. The average Bonchev–Trinajstić information content (AvgIpc) is 2.74. The molecule has 0 heterocycles. The highest BCUT2D eigenvalue weighted by atomic mass is 16.5. The van der Waals surface area contributed by atoms with Crippen molar-refractivity contribution < 1.29 is 9.53 Å². The van der Waals surface area contributed by atoms with Gasteiger partial charge in [0, 0.05) is 13.1 Å². The Hall–Kier alpha value is -0.610. The molecule has 0 unspecified atom stereocenters. The van der Waals surface area contributed by atoms with Gasteiger partial charge in [0.2, 0.25) is 5.91 Å². The molecule has 0 saturated heterocycles. The third-order valence-electron chi connectivity index (χ3n) is 2.63. The van der Waals surface area contributed by atoms with Crippen molar-refractivity contribution in [2.45, 2.75) is 38.7 Å². The van der Waals surface area contributed by atoms with Gasteiger partial charge in [0.05, 0.1) is 6.10 Å². The van der Waals surface area contributed by atoms with Crippen LogP contribution in [0.25, 0.3) is 0 Å². The number of carbonyl (C=O) groups excluding carboxylic acids is 1. The molecule has 1 saturated carbocycles. The van der Waals surface area contributed by atoms with Crippen molar-refractivity contribution in [3.63, 3.8) is 0 Å². The van der Waals surface area contributed by atoms with Crippen molar-refractivity contribution in [1.29, 1.82) is 0 Å². The summed E-state index contributed by atoms with van der Waals surface area (Å²) in [6.07, 6.45) is 5.04. The Bertz CT molecular complexity index is 179. The monoisotopic (exact) mass is 214 g/mol. The van der Waals surface area contributed by atoms with Crippen molar-refractivity contribution in [3.05, 3.63) is 0 Å². The van der Waals surface area contributed by atoms with Crippen LogP contribution in [-0.4, -0.2) is 38.3 Å². The summed E-state index contributed by atoms with van der Waals surface area (Å²) in [6, 6.07) is 0. The number of hydrogen-bond donors (Lipinski definition) is 2. The normalized spacial score (nSPS) is 16.9. The van der Waals surface area contributed by atoms with Crippen molar-refractivity contribution in [3.8, 4) is 0 Å². The molecule has 0 aromatic heterocycles. The van der Waals surface area contributed by atoms with Gasteiger partial charge < -0.3 is 15.4 Å². The molecule has 0 spiro atoms. The first-order valence-electron chi connectivity index (χ1n) is 5.92. The highest BCUT2D eigenvalue weighted by molar-refractivity contribution is 5.77. The first-order chi connectivity index (χ1) is 7.33. The lowest BCUT2D eigenvalue weighted by Gasteiger charge is -2.11.